The number of aromatic amines is 1. The summed E-state index contributed by atoms with van der Waals surface area (Å²) in [6, 6.07) is 15.5. The predicted molar refractivity (Wildman–Crippen MR) is 94.6 cm³/mol. The molecule has 0 aliphatic heterocycles. The Labute approximate surface area is 150 Å². The van der Waals surface area contributed by atoms with Crippen molar-refractivity contribution >= 4 is 15.7 Å². The number of nitrogens with zero attached hydrogens (tertiary/aromatic N) is 3. The Bertz CT molecular complexity index is 973. The van der Waals surface area contributed by atoms with Gasteiger partial charge in [-0.25, -0.2) is 8.42 Å². The lowest BCUT2D eigenvalue weighted by Crippen LogP contribution is -2.25. The zero-order valence-corrected chi connectivity index (χ0v) is 14.6. The molecule has 0 radical (unpaired) electrons. The molecule has 8 nitrogen and oxygen atoms in total. The molecule has 0 spiro atoms. The van der Waals surface area contributed by atoms with Crippen molar-refractivity contribution in [2.45, 2.75) is 17.9 Å². The molecular weight excluding hydrogens is 354 g/mol. The highest BCUT2D eigenvalue weighted by molar-refractivity contribution is 7.91. The summed E-state index contributed by atoms with van der Waals surface area (Å²) in [5.74, 6) is -0.0900. The van der Waals surface area contributed by atoms with Gasteiger partial charge in [-0.2, -0.15) is 5.21 Å². The van der Waals surface area contributed by atoms with Gasteiger partial charge in [-0.3, -0.25) is 4.79 Å². The molecule has 1 aromatic heterocycles. The average Bonchev–Trinajstić information content (AvgIpc) is 3.21. The Morgan fingerprint density at radius 3 is 2.62 bits per heavy atom. The second-order valence-corrected chi connectivity index (χ2v) is 7.70. The van der Waals surface area contributed by atoms with Crippen molar-refractivity contribution in [3.8, 4) is 11.4 Å². The van der Waals surface area contributed by atoms with Gasteiger partial charge in [-0.05, 0) is 29.0 Å². The number of nitrogens with one attached hydrogen (secondary N) is 2. The lowest BCUT2D eigenvalue weighted by atomic mass is 10.1. The summed E-state index contributed by atoms with van der Waals surface area (Å²) >= 11 is 0. The maximum Gasteiger partial charge on any atom is 0.221 e. The number of tetrazole rings is 1. The van der Waals surface area contributed by atoms with Crippen LogP contribution in [0.15, 0.2) is 59.5 Å². The van der Waals surface area contributed by atoms with E-state index < -0.39 is 9.84 Å². The van der Waals surface area contributed by atoms with Crippen molar-refractivity contribution in [1.29, 1.82) is 0 Å². The van der Waals surface area contributed by atoms with Crippen molar-refractivity contribution in [3.05, 3.63) is 60.2 Å². The minimum atomic E-state index is -3.46. The molecule has 26 heavy (non-hydrogen) atoms. The number of benzene rings is 2. The molecule has 3 aromatic rings. The van der Waals surface area contributed by atoms with E-state index in [9.17, 15) is 13.2 Å². The summed E-state index contributed by atoms with van der Waals surface area (Å²) in [6.07, 6.45) is -0.0955. The topological polar surface area (TPSA) is 118 Å². The molecule has 0 aliphatic rings. The molecule has 134 valence electrons. The van der Waals surface area contributed by atoms with Crippen LogP contribution in [0.1, 0.15) is 12.0 Å². The summed E-state index contributed by atoms with van der Waals surface area (Å²) in [7, 11) is -3.46. The van der Waals surface area contributed by atoms with Gasteiger partial charge >= 0.3 is 0 Å². The highest BCUT2D eigenvalue weighted by Gasteiger charge is 2.16. The molecule has 0 saturated carbocycles. The smallest absolute Gasteiger partial charge is 0.221 e. The van der Waals surface area contributed by atoms with Crippen molar-refractivity contribution < 1.29 is 13.2 Å². The molecule has 1 amide bonds. The van der Waals surface area contributed by atoms with Crippen molar-refractivity contribution in [3.63, 3.8) is 0 Å². The molecule has 0 unspecified atom stereocenters. The van der Waals surface area contributed by atoms with E-state index in [0.717, 1.165) is 11.1 Å². The van der Waals surface area contributed by atoms with Gasteiger partial charge in [-0.15, -0.1) is 10.2 Å². The largest absolute Gasteiger partial charge is 0.352 e. The average molecular weight is 371 g/mol. The van der Waals surface area contributed by atoms with E-state index in [-0.39, 0.29) is 29.5 Å². The summed E-state index contributed by atoms with van der Waals surface area (Å²) in [5, 5.41) is 16.4. The first kappa shape index (κ1) is 17.7. The number of hydrogen-bond donors (Lipinski definition) is 2. The molecule has 0 bridgehead atoms. The maximum atomic E-state index is 12.2. The number of carbonyl (C=O) groups excluding carboxylic acids is 1. The van der Waals surface area contributed by atoms with Crippen LogP contribution in [0.3, 0.4) is 0 Å². The minimum Gasteiger partial charge on any atom is -0.352 e. The normalized spacial score (nSPS) is 11.2. The maximum absolute atomic E-state index is 12.2. The van der Waals surface area contributed by atoms with Crippen LogP contribution in [-0.2, 0) is 21.2 Å². The number of hydrogen-bond acceptors (Lipinski definition) is 6. The Kier molecular flexibility index (Phi) is 5.37. The monoisotopic (exact) mass is 371 g/mol. The van der Waals surface area contributed by atoms with Gasteiger partial charge in [-0.1, -0.05) is 36.4 Å². The zero-order valence-electron chi connectivity index (χ0n) is 13.8. The standard InChI is InChI=1S/C17H17N5O3S/c23-16(9-10-26(24,25)15-7-2-1-3-8-15)18-12-13-5-4-6-14(11-13)17-19-21-22-20-17/h1-8,11H,9-10,12H2,(H,18,23)(H,19,20,21,22). The molecule has 2 aromatic carbocycles. The van der Waals surface area contributed by atoms with Gasteiger partial charge in [0.15, 0.2) is 9.84 Å². The quantitative estimate of drug-likeness (QED) is 0.647. The van der Waals surface area contributed by atoms with Crippen LogP contribution in [0.4, 0.5) is 0 Å². The van der Waals surface area contributed by atoms with Crippen molar-refractivity contribution in [2.75, 3.05) is 5.75 Å². The van der Waals surface area contributed by atoms with E-state index in [1.165, 1.54) is 12.1 Å². The number of aromatic nitrogens is 4. The zero-order chi connectivity index (χ0) is 18.4. The minimum absolute atomic E-state index is 0.0955. The molecule has 9 heteroatoms. The van der Waals surface area contributed by atoms with Gasteiger partial charge in [0.25, 0.3) is 0 Å². The molecule has 0 atom stereocenters. The first-order valence-corrected chi connectivity index (χ1v) is 9.57. The van der Waals surface area contributed by atoms with Gasteiger partial charge in [0.05, 0.1) is 10.6 Å². The Morgan fingerprint density at radius 1 is 1.08 bits per heavy atom. The number of sulfone groups is 1. The van der Waals surface area contributed by atoms with Crippen molar-refractivity contribution in [1.82, 2.24) is 25.9 Å². The van der Waals surface area contributed by atoms with E-state index in [1.54, 1.807) is 18.2 Å². The van der Waals surface area contributed by atoms with Crippen LogP contribution in [0, 0.1) is 0 Å². The fourth-order valence-electron chi connectivity index (χ4n) is 2.37. The van der Waals surface area contributed by atoms with E-state index in [0.29, 0.717) is 5.82 Å². The molecule has 3 rings (SSSR count). The van der Waals surface area contributed by atoms with Crippen LogP contribution in [-0.4, -0.2) is 40.7 Å². The van der Waals surface area contributed by atoms with E-state index in [2.05, 4.69) is 25.9 Å². The molecule has 0 aliphatic carbocycles. The van der Waals surface area contributed by atoms with Gasteiger partial charge in [0.1, 0.15) is 0 Å². The first-order chi connectivity index (χ1) is 12.5. The third kappa shape index (κ3) is 4.51. The Morgan fingerprint density at radius 2 is 1.88 bits per heavy atom. The van der Waals surface area contributed by atoms with Crippen LogP contribution < -0.4 is 5.32 Å². The Balaban J connectivity index is 1.54. The van der Waals surface area contributed by atoms with Crippen LogP contribution in [0.2, 0.25) is 0 Å². The third-order valence-corrected chi connectivity index (χ3v) is 5.45. The molecule has 0 fully saturated rings. The second-order valence-electron chi connectivity index (χ2n) is 5.59. The first-order valence-electron chi connectivity index (χ1n) is 7.92. The fourth-order valence-corrected chi connectivity index (χ4v) is 3.63. The highest BCUT2D eigenvalue weighted by Crippen LogP contribution is 2.15. The SMILES string of the molecule is O=C(CCS(=O)(=O)c1ccccc1)NCc1cccc(-c2nn[nH]n2)c1. The van der Waals surface area contributed by atoms with Gasteiger partial charge < -0.3 is 5.32 Å². The fraction of sp³-hybridized carbons (Fsp3) is 0.176. The van der Waals surface area contributed by atoms with Crippen LogP contribution >= 0.6 is 0 Å². The van der Waals surface area contributed by atoms with Gasteiger partial charge in [0, 0.05) is 18.5 Å². The molecule has 1 heterocycles. The lowest BCUT2D eigenvalue weighted by Gasteiger charge is -2.07. The summed E-state index contributed by atoms with van der Waals surface area (Å²) in [4.78, 5) is 12.2. The molecule has 0 saturated heterocycles. The second kappa shape index (κ2) is 7.87. The summed E-state index contributed by atoms with van der Waals surface area (Å²) in [5.41, 5.74) is 1.63. The molecule has 2 N–H and O–H groups in total. The highest BCUT2D eigenvalue weighted by atomic mass is 32.2. The van der Waals surface area contributed by atoms with Crippen molar-refractivity contribution in [2.24, 2.45) is 0 Å². The predicted octanol–water partition coefficient (Wildman–Crippen LogP) is 1.35. The summed E-state index contributed by atoms with van der Waals surface area (Å²) < 4.78 is 24.4. The van der Waals surface area contributed by atoms with Gasteiger partial charge in [0.2, 0.25) is 11.7 Å². The Hall–Kier alpha value is -3.07. The van der Waals surface area contributed by atoms with E-state index in [1.807, 2.05) is 24.3 Å². The lowest BCUT2D eigenvalue weighted by molar-refractivity contribution is -0.120. The van der Waals surface area contributed by atoms with E-state index >= 15 is 0 Å². The van der Waals surface area contributed by atoms with Crippen LogP contribution in [0.5, 0.6) is 0 Å². The third-order valence-electron chi connectivity index (χ3n) is 3.72. The number of amides is 1. The van der Waals surface area contributed by atoms with Crippen LogP contribution in [0.25, 0.3) is 11.4 Å². The summed E-state index contributed by atoms with van der Waals surface area (Å²) in [6.45, 7) is 0.288. The number of rotatable bonds is 7. The number of carbonyl (C=O) groups is 1. The number of H-pyrrole nitrogens is 1. The van der Waals surface area contributed by atoms with E-state index in [4.69, 9.17) is 0 Å². The molecular formula is C17H17N5O3S.